The van der Waals surface area contributed by atoms with Crippen LogP contribution in [0.2, 0.25) is 0 Å². The molecule has 7 aromatic rings. The fourth-order valence-electron chi connectivity index (χ4n) is 5.53. The first kappa shape index (κ1) is 43.3. The molecule has 0 aliphatic carbocycles. The van der Waals surface area contributed by atoms with Gasteiger partial charge in [0.05, 0.1) is 32.1 Å². The highest BCUT2D eigenvalue weighted by molar-refractivity contribution is 7.86. The topological polar surface area (TPSA) is 227 Å². The summed E-state index contributed by atoms with van der Waals surface area (Å²) in [4.78, 5) is 12.5. The molecule has 7 N–H and O–H groups in total. The van der Waals surface area contributed by atoms with Crippen molar-refractivity contribution in [3.63, 3.8) is 0 Å². The van der Waals surface area contributed by atoms with Gasteiger partial charge in [0, 0.05) is 52.7 Å². The maximum Gasteiger partial charge on any atom is 0.257 e. The summed E-state index contributed by atoms with van der Waals surface area (Å²) in [6.45, 7) is 3.64. The predicted octanol–water partition coefficient (Wildman–Crippen LogP) is 6.19. The normalized spacial score (nSPS) is 11.0. The van der Waals surface area contributed by atoms with Gasteiger partial charge in [-0.2, -0.15) is 0 Å². The van der Waals surface area contributed by atoms with Gasteiger partial charge in [-0.1, -0.05) is 35.4 Å². The Labute approximate surface area is 343 Å². The van der Waals surface area contributed by atoms with Crippen molar-refractivity contribution in [2.75, 3.05) is 27.4 Å². The van der Waals surface area contributed by atoms with Crippen molar-refractivity contribution in [3.8, 4) is 0 Å². The highest BCUT2D eigenvalue weighted by Gasteiger charge is 2.13. The maximum absolute atomic E-state index is 12.9. The number of pyridine rings is 2. The molecule has 304 valence electrons. The van der Waals surface area contributed by atoms with E-state index in [1.165, 1.54) is 24.3 Å². The Bertz CT molecular complexity index is 2730. The number of nitrogens with zero attached hydrogens (tertiary/aromatic N) is 2. The van der Waals surface area contributed by atoms with Crippen molar-refractivity contribution in [1.29, 1.82) is 0 Å². The van der Waals surface area contributed by atoms with Crippen molar-refractivity contribution in [3.05, 3.63) is 163 Å². The fraction of sp³-hybridized carbons (Fsp3) is 0.0930. The first-order valence-electron chi connectivity index (χ1n) is 17.9. The molecule has 0 atom stereocenters. The number of nitrogens with one attached hydrogen (secondary N) is 3. The van der Waals surface area contributed by atoms with Crippen molar-refractivity contribution >= 4 is 76.9 Å². The number of nitrogens with two attached hydrogens (primary N) is 2. The van der Waals surface area contributed by atoms with Crippen LogP contribution in [0.3, 0.4) is 0 Å². The second-order valence-electron chi connectivity index (χ2n) is 13.5. The van der Waals surface area contributed by atoms with E-state index in [0.717, 1.165) is 50.5 Å². The van der Waals surface area contributed by atoms with E-state index < -0.39 is 20.2 Å². The largest absolute Gasteiger partial charge is 0.744 e. The number of fused-ring (bicyclic) bond motifs is 1. The second kappa shape index (κ2) is 18.6. The van der Waals surface area contributed by atoms with E-state index in [0.29, 0.717) is 16.9 Å². The van der Waals surface area contributed by atoms with Crippen LogP contribution >= 0.6 is 0 Å². The van der Waals surface area contributed by atoms with Crippen LogP contribution in [0.5, 0.6) is 0 Å². The van der Waals surface area contributed by atoms with Gasteiger partial charge in [0.1, 0.15) is 34.3 Å². The monoisotopic (exact) mass is 833 g/mol. The number of nitrogen functional groups attached to an aromatic ring is 2. The molecule has 0 bridgehead atoms. The summed E-state index contributed by atoms with van der Waals surface area (Å²) in [6.07, 6.45) is 5.89. The van der Waals surface area contributed by atoms with Gasteiger partial charge >= 0.3 is 0 Å². The number of benzene rings is 5. The molecule has 59 heavy (non-hydrogen) atoms. The molecule has 0 saturated carbocycles. The van der Waals surface area contributed by atoms with Gasteiger partial charge in [-0.05, 0) is 92.7 Å². The quantitative estimate of drug-likeness (QED) is 0.0659. The molecule has 0 aliphatic rings. The average molecular weight is 834 g/mol. The van der Waals surface area contributed by atoms with Gasteiger partial charge in [-0.25, -0.2) is 26.0 Å². The Kier molecular flexibility index (Phi) is 13.6. The Hall–Kier alpha value is -6.85. The third-order valence-electron chi connectivity index (χ3n) is 8.76. The number of amides is 1. The van der Waals surface area contributed by atoms with Crippen molar-refractivity contribution < 1.29 is 39.9 Å². The first-order valence-corrected chi connectivity index (χ1v) is 20.7. The summed E-state index contributed by atoms with van der Waals surface area (Å²) in [5.41, 5.74) is 20.9. The second-order valence-corrected chi connectivity index (χ2v) is 16.2. The van der Waals surface area contributed by atoms with Crippen molar-refractivity contribution in [2.24, 2.45) is 14.1 Å². The number of hydrogen-bond donors (Lipinski definition) is 5. The zero-order chi connectivity index (χ0) is 42.9. The molecule has 0 aliphatic heterocycles. The highest BCUT2D eigenvalue weighted by atomic mass is 32.2. The molecule has 14 nitrogen and oxygen atoms in total. The smallest absolute Gasteiger partial charge is 0.257 e. The van der Waals surface area contributed by atoms with Crippen LogP contribution in [-0.2, 0) is 34.3 Å². The van der Waals surface area contributed by atoms with E-state index in [1.54, 1.807) is 36.4 Å². The molecule has 1 amide bonds. The molecule has 2 aromatic heterocycles. The summed E-state index contributed by atoms with van der Waals surface area (Å²) in [6, 6.07) is 36.2. The molecule has 5 aromatic carbocycles. The Morgan fingerprint density at radius 2 is 1.08 bits per heavy atom. The van der Waals surface area contributed by atoms with Crippen molar-refractivity contribution in [1.82, 2.24) is 0 Å². The van der Waals surface area contributed by atoms with Crippen LogP contribution in [0.4, 0.5) is 39.8 Å². The third-order valence-corrected chi connectivity index (χ3v) is 10.5. The van der Waals surface area contributed by atoms with Gasteiger partial charge in [0.2, 0.25) is 5.52 Å². The molecule has 0 spiro atoms. The molecular weight excluding hydrogens is 791 g/mol. The summed E-state index contributed by atoms with van der Waals surface area (Å²) < 4.78 is 66.3. The van der Waals surface area contributed by atoms with Gasteiger partial charge in [-0.3, -0.25) is 4.79 Å². The summed E-state index contributed by atoms with van der Waals surface area (Å²) >= 11 is 0. The predicted molar refractivity (Wildman–Crippen MR) is 227 cm³/mol. The molecule has 16 heteroatoms. The number of hydrogen-bond acceptors (Lipinski definition) is 11. The summed E-state index contributed by atoms with van der Waals surface area (Å²) in [5, 5.41) is 10.7. The number of carbonyl (C=O) groups excluding carboxylic acids is 1. The van der Waals surface area contributed by atoms with E-state index in [4.69, 9.17) is 11.5 Å². The van der Waals surface area contributed by atoms with Gasteiger partial charge in [0.25, 0.3) is 5.91 Å². The number of anilines is 7. The number of aromatic nitrogens is 2. The van der Waals surface area contributed by atoms with E-state index in [-0.39, 0.29) is 15.7 Å². The highest BCUT2D eigenvalue weighted by Crippen LogP contribution is 2.27. The lowest BCUT2D eigenvalue weighted by Crippen LogP contribution is -2.28. The van der Waals surface area contributed by atoms with Crippen LogP contribution in [0.25, 0.3) is 10.9 Å². The van der Waals surface area contributed by atoms with Crippen LogP contribution in [0, 0.1) is 13.8 Å². The van der Waals surface area contributed by atoms with E-state index in [2.05, 4.69) is 16.0 Å². The molecule has 0 radical (unpaired) electrons. The van der Waals surface area contributed by atoms with Crippen LogP contribution < -0.4 is 36.6 Å². The maximum atomic E-state index is 12.9. The van der Waals surface area contributed by atoms with Gasteiger partial charge in [0.15, 0.2) is 18.6 Å². The minimum Gasteiger partial charge on any atom is -0.744 e. The van der Waals surface area contributed by atoms with Crippen LogP contribution in [0.15, 0.2) is 156 Å². The standard InChI is InChI=1S/C29H27N7O.2C7H8O3S/c1-35-14-11-22(12-15-35)32-23-8-10-24(26(31)18-23)29(37)34-21-6-4-20(5-7-21)33-27-13-16-36(2)28-17-19(30)3-9-25(27)28;2*1-6-2-4-7(5-3-6)11(8,9)10/h3-18H,1-2H3,(H5,30,31,33,34,37);2*2-5H,1H3,(H,8,9,10). The minimum absolute atomic E-state index is 0.178. The zero-order valence-electron chi connectivity index (χ0n) is 32.6. The molecule has 0 fully saturated rings. The van der Waals surface area contributed by atoms with Crippen molar-refractivity contribution in [2.45, 2.75) is 23.6 Å². The summed E-state index contributed by atoms with van der Waals surface area (Å²) in [7, 11) is -4.59. The zero-order valence-corrected chi connectivity index (χ0v) is 34.2. The number of carbonyl (C=O) groups is 1. The van der Waals surface area contributed by atoms with Gasteiger partial charge in [-0.15, -0.1) is 0 Å². The first-order chi connectivity index (χ1) is 27.8. The lowest BCUT2D eigenvalue weighted by molar-refractivity contribution is -0.671. The average Bonchev–Trinajstić information content (AvgIpc) is 3.18. The SMILES string of the molecule is C[n+]1ccc(Nc2ccc(C(=O)Nc3ccc(Nc4cc[n+](C)c5cc(N)ccc45)cc3)c(N)c2)cc1.Cc1ccc(S(=O)(=O)[O-])cc1.Cc1ccc(S(=O)(=O)[O-])cc1. The van der Waals surface area contributed by atoms with Gasteiger partial charge < -0.3 is 36.5 Å². The number of aryl methyl sites for hydroxylation is 4. The molecule has 0 unspecified atom stereocenters. The van der Waals surface area contributed by atoms with Crippen LogP contribution in [0.1, 0.15) is 21.5 Å². The van der Waals surface area contributed by atoms with Crippen LogP contribution in [-0.4, -0.2) is 31.8 Å². The minimum atomic E-state index is -4.27. The molecule has 2 heterocycles. The lowest BCUT2D eigenvalue weighted by Gasteiger charge is -2.12. The van der Waals surface area contributed by atoms with E-state index in [9.17, 15) is 30.7 Å². The van der Waals surface area contributed by atoms with E-state index >= 15 is 0 Å². The molecule has 0 saturated heterocycles. The fourth-order valence-corrected chi connectivity index (χ4v) is 6.47. The molecule has 7 rings (SSSR count). The lowest BCUT2D eigenvalue weighted by atomic mass is 10.1. The summed E-state index contributed by atoms with van der Waals surface area (Å²) in [5.74, 6) is -0.268. The Morgan fingerprint density at radius 3 is 1.61 bits per heavy atom. The Morgan fingerprint density at radius 1 is 0.576 bits per heavy atom. The molecular formula is C43H43N7O7S2. The number of rotatable bonds is 8. The van der Waals surface area contributed by atoms with E-state index in [1.807, 2.05) is 122 Å². The third kappa shape index (κ3) is 12.3. The Balaban J connectivity index is 0.000000244.